The molecular weight excluding hydrogens is 252 g/mol. The fraction of sp³-hybridized carbons (Fsp3) is 0. The van der Waals surface area contributed by atoms with Crippen molar-refractivity contribution in [3.8, 4) is 11.6 Å². The minimum Gasteiger partial charge on any atom is -0.437 e. The Morgan fingerprint density at radius 2 is 1.94 bits per heavy atom. The standard InChI is InChI=1S/C11H6Cl2FNO/c12-7-1-4-11(15-6-7)16-10-5-8(14)2-3-9(10)13/h1-6H. The van der Waals surface area contributed by atoms with E-state index in [0.29, 0.717) is 15.9 Å². The number of benzene rings is 1. The van der Waals surface area contributed by atoms with Crippen molar-refractivity contribution in [1.29, 1.82) is 0 Å². The van der Waals surface area contributed by atoms with Gasteiger partial charge in [-0.25, -0.2) is 9.37 Å². The van der Waals surface area contributed by atoms with Crippen molar-refractivity contribution in [2.75, 3.05) is 0 Å². The van der Waals surface area contributed by atoms with Crippen LogP contribution >= 0.6 is 23.2 Å². The van der Waals surface area contributed by atoms with Gasteiger partial charge in [0.15, 0.2) is 5.75 Å². The highest BCUT2D eigenvalue weighted by Gasteiger charge is 2.05. The summed E-state index contributed by atoms with van der Waals surface area (Å²) in [5.41, 5.74) is 0. The van der Waals surface area contributed by atoms with Crippen LogP contribution < -0.4 is 4.74 Å². The molecule has 0 unspecified atom stereocenters. The van der Waals surface area contributed by atoms with Crippen LogP contribution in [0.25, 0.3) is 0 Å². The smallest absolute Gasteiger partial charge is 0.219 e. The molecule has 0 radical (unpaired) electrons. The predicted molar refractivity (Wildman–Crippen MR) is 60.7 cm³/mol. The molecule has 0 atom stereocenters. The summed E-state index contributed by atoms with van der Waals surface area (Å²) in [4.78, 5) is 3.91. The normalized spacial score (nSPS) is 10.2. The molecule has 0 aliphatic carbocycles. The average molecular weight is 258 g/mol. The van der Waals surface area contributed by atoms with Crippen LogP contribution in [0.4, 0.5) is 4.39 Å². The second kappa shape index (κ2) is 4.68. The lowest BCUT2D eigenvalue weighted by Crippen LogP contribution is -1.89. The molecule has 0 spiro atoms. The maximum absolute atomic E-state index is 12.9. The average Bonchev–Trinajstić information content (AvgIpc) is 2.27. The summed E-state index contributed by atoms with van der Waals surface area (Å²) < 4.78 is 18.2. The van der Waals surface area contributed by atoms with Crippen molar-refractivity contribution in [2.45, 2.75) is 0 Å². The second-order valence-electron chi connectivity index (χ2n) is 2.99. The molecule has 0 fully saturated rings. The number of pyridine rings is 1. The first-order valence-corrected chi connectivity index (χ1v) is 5.15. The Labute approximate surface area is 102 Å². The summed E-state index contributed by atoms with van der Waals surface area (Å²) in [6.07, 6.45) is 1.43. The number of ether oxygens (including phenoxy) is 1. The van der Waals surface area contributed by atoms with E-state index in [-0.39, 0.29) is 5.75 Å². The molecule has 2 rings (SSSR count). The molecule has 0 N–H and O–H groups in total. The first-order valence-electron chi connectivity index (χ1n) is 4.39. The molecular formula is C11H6Cl2FNO. The molecule has 0 aliphatic rings. The van der Waals surface area contributed by atoms with Gasteiger partial charge in [0.2, 0.25) is 5.88 Å². The van der Waals surface area contributed by atoms with Crippen LogP contribution in [0.2, 0.25) is 10.0 Å². The molecule has 82 valence electrons. The maximum Gasteiger partial charge on any atom is 0.219 e. The summed E-state index contributed by atoms with van der Waals surface area (Å²) in [6, 6.07) is 7.06. The van der Waals surface area contributed by atoms with Crippen molar-refractivity contribution in [3.63, 3.8) is 0 Å². The minimum absolute atomic E-state index is 0.219. The molecule has 1 aromatic heterocycles. The van der Waals surface area contributed by atoms with Crippen LogP contribution in [0, 0.1) is 5.82 Å². The molecule has 1 heterocycles. The van der Waals surface area contributed by atoms with Crippen molar-refractivity contribution in [1.82, 2.24) is 4.98 Å². The summed E-state index contributed by atoms with van der Waals surface area (Å²) in [5, 5.41) is 0.816. The Balaban J connectivity index is 2.26. The van der Waals surface area contributed by atoms with Gasteiger partial charge >= 0.3 is 0 Å². The minimum atomic E-state index is -0.423. The Kier molecular flexibility index (Phi) is 3.27. The first kappa shape index (κ1) is 11.2. The molecule has 16 heavy (non-hydrogen) atoms. The van der Waals surface area contributed by atoms with Crippen molar-refractivity contribution in [2.24, 2.45) is 0 Å². The number of rotatable bonds is 2. The number of aromatic nitrogens is 1. The molecule has 2 aromatic rings. The molecule has 2 nitrogen and oxygen atoms in total. The molecule has 0 aliphatic heterocycles. The number of hydrogen-bond acceptors (Lipinski definition) is 2. The van der Waals surface area contributed by atoms with E-state index in [1.54, 1.807) is 12.1 Å². The van der Waals surface area contributed by atoms with Gasteiger partial charge in [-0.15, -0.1) is 0 Å². The van der Waals surface area contributed by atoms with Gasteiger partial charge < -0.3 is 4.74 Å². The van der Waals surface area contributed by atoms with E-state index in [2.05, 4.69) is 4.98 Å². The third-order valence-corrected chi connectivity index (χ3v) is 2.34. The summed E-state index contributed by atoms with van der Waals surface area (Å²) in [7, 11) is 0. The zero-order chi connectivity index (χ0) is 11.5. The van der Waals surface area contributed by atoms with Gasteiger partial charge in [-0.2, -0.15) is 0 Å². The van der Waals surface area contributed by atoms with E-state index >= 15 is 0 Å². The molecule has 5 heteroatoms. The number of halogens is 3. The van der Waals surface area contributed by atoms with E-state index in [0.717, 1.165) is 0 Å². The van der Waals surface area contributed by atoms with Crippen molar-refractivity contribution in [3.05, 3.63) is 52.4 Å². The fourth-order valence-electron chi connectivity index (χ4n) is 1.09. The highest BCUT2D eigenvalue weighted by atomic mass is 35.5. The first-order chi connectivity index (χ1) is 7.65. The molecule has 0 saturated carbocycles. The van der Waals surface area contributed by atoms with E-state index in [4.69, 9.17) is 27.9 Å². The van der Waals surface area contributed by atoms with Gasteiger partial charge in [-0.05, 0) is 18.2 Å². The number of hydrogen-bond donors (Lipinski definition) is 0. The van der Waals surface area contributed by atoms with Crippen LogP contribution in [-0.2, 0) is 0 Å². The topological polar surface area (TPSA) is 22.1 Å². The van der Waals surface area contributed by atoms with Gasteiger partial charge in [0.1, 0.15) is 5.82 Å². The third kappa shape index (κ3) is 2.62. The zero-order valence-corrected chi connectivity index (χ0v) is 9.47. The molecule has 0 amide bonds. The van der Waals surface area contributed by atoms with Gasteiger partial charge in [-0.3, -0.25) is 0 Å². The van der Waals surface area contributed by atoms with E-state index < -0.39 is 5.82 Å². The lowest BCUT2D eigenvalue weighted by atomic mass is 10.3. The Hall–Kier alpha value is -1.32. The Morgan fingerprint density at radius 1 is 1.12 bits per heavy atom. The summed E-state index contributed by atoms with van der Waals surface area (Å²) in [6.45, 7) is 0. The van der Waals surface area contributed by atoms with Crippen molar-refractivity contribution >= 4 is 23.2 Å². The molecule has 1 aromatic carbocycles. The van der Waals surface area contributed by atoms with Gasteiger partial charge in [0, 0.05) is 18.3 Å². The van der Waals surface area contributed by atoms with Crippen LogP contribution in [0.5, 0.6) is 11.6 Å². The lowest BCUT2D eigenvalue weighted by molar-refractivity contribution is 0.458. The maximum atomic E-state index is 12.9. The highest BCUT2D eigenvalue weighted by Crippen LogP contribution is 2.29. The van der Waals surface area contributed by atoms with Gasteiger partial charge in [-0.1, -0.05) is 23.2 Å². The van der Waals surface area contributed by atoms with Crippen LogP contribution in [0.15, 0.2) is 36.5 Å². The Morgan fingerprint density at radius 3 is 2.62 bits per heavy atom. The van der Waals surface area contributed by atoms with Crippen LogP contribution in [-0.4, -0.2) is 4.98 Å². The fourth-order valence-corrected chi connectivity index (χ4v) is 1.36. The summed E-state index contributed by atoms with van der Waals surface area (Å²) >= 11 is 11.5. The van der Waals surface area contributed by atoms with Crippen LogP contribution in [0.1, 0.15) is 0 Å². The van der Waals surface area contributed by atoms with Crippen molar-refractivity contribution < 1.29 is 9.13 Å². The highest BCUT2D eigenvalue weighted by molar-refractivity contribution is 6.32. The van der Waals surface area contributed by atoms with Gasteiger partial charge in [0.05, 0.1) is 10.0 Å². The zero-order valence-electron chi connectivity index (χ0n) is 7.95. The number of nitrogens with zero attached hydrogens (tertiary/aromatic N) is 1. The molecule has 0 bridgehead atoms. The monoisotopic (exact) mass is 257 g/mol. The SMILES string of the molecule is Fc1ccc(Cl)c(Oc2ccc(Cl)cn2)c1. The quantitative estimate of drug-likeness (QED) is 0.800. The van der Waals surface area contributed by atoms with Crippen LogP contribution in [0.3, 0.4) is 0 Å². The predicted octanol–water partition coefficient (Wildman–Crippen LogP) is 4.32. The second-order valence-corrected chi connectivity index (χ2v) is 3.84. The van der Waals surface area contributed by atoms with E-state index in [9.17, 15) is 4.39 Å². The van der Waals surface area contributed by atoms with E-state index in [1.165, 1.54) is 24.4 Å². The lowest BCUT2D eigenvalue weighted by Gasteiger charge is -2.06. The molecule has 0 saturated heterocycles. The Bertz CT molecular complexity index is 502. The van der Waals surface area contributed by atoms with Gasteiger partial charge in [0.25, 0.3) is 0 Å². The largest absolute Gasteiger partial charge is 0.437 e. The third-order valence-electron chi connectivity index (χ3n) is 1.81. The van der Waals surface area contributed by atoms with E-state index in [1.807, 2.05) is 0 Å². The summed E-state index contributed by atoms with van der Waals surface area (Å²) in [5.74, 6) is 0.0988.